The van der Waals surface area contributed by atoms with Gasteiger partial charge >= 0.3 is 17.9 Å². The number of allylic oxidation sites excluding steroid dienone is 10. The number of unbranched alkanes of at least 4 members (excludes halogenated alkanes) is 41. The summed E-state index contributed by atoms with van der Waals surface area (Å²) in [6.45, 7) is 6.58. The summed E-state index contributed by atoms with van der Waals surface area (Å²) < 4.78 is 17.0. The summed E-state index contributed by atoms with van der Waals surface area (Å²) in [6, 6.07) is 0. The summed E-state index contributed by atoms with van der Waals surface area (Å²) in [7, 11) is 0. The van der Waals surface area contributed by atoms with Crippen LogP contribution in [0.3, 0.4) is 0 Å². The third-order valence-electron chi connectivity index (χ3n) is 15.0. The Bertz CT molecular complexity index is 1380. The number of ether oxygens (including phenoxy) is 3. The van der Waals surface area contributed by atoms with E-state index in [1.165, 1.54) is 218 Å². The molecular weight excluding hydrogens is 949 g/mol. The Hall–Kier alpha value is -2.89. The Labute approximate surface area is 479 Å². The largest absolute Gasteiger partial charge is 0.462 e. The Morgan fingerprint density at radius 3 is 0.805 bits per heavy atom. The first kappa shape index (κ1) is 74.1. The molecule has 0 aliphatic heterocycles. The van der Waals surface area contributed by atoms with Gasteiger partial charge in [-0.25, -0.2) is 0 Å². The number of hydrogen-bond donors (Lipinski definition) is 0. The Morgan fingerprint density at radius 2 is 0.506 bits per heavy atom. The minimum absolute atomic E-state index is 0.0771. The smallest absolute Gasteiger partial charge is 0.306 e. The number of carbonyl (C=O) groups excluding carboxylic acids is 3. The number of esters is 3. The molecule has 0 aliphatic carbocycles. The minimum Gasteiger partial charge on any atom is -0.462 e. The van der Waals surface area contributed by atoms with Gasteiger partial charge in [0.2, 0.25) is 0 Å². The zero-order valence-electron chi connectivity index (χ0n) is 51.5. The monoisotopic (exact) mass is 1080 g/mol. The molecule has 0 bridgehead atoms. The van der Waals surface area contributed by atoms with Crippen LogP contribution >= 0.6 is 0 Å². The lowest BCUT2D eigenvalue weighted by atomic mass is 10.0. The molecule has 0 aromatic rings. The van der Waals surface area contributed by atoms with Crippen molar-refractivity contribution in [2.45, 2.75) is 361 Å². The second kappa shape index (κ2) is 65.6. The molecule has 0 fully saturated rings. The predicted octanol–water partition coefficient (Wildman–Crippen LogP) is 23.1. The van der Waals surface area contributed by atoms with Crippen LogP contribution in [0.4, 0.5) is 0 Å². The Kier molecular flexibility index (Phi) is 63.2. The minimum atomic E-state index is -0.783. The molecular formula is C71H128O6. The maximum absolute atomic E-state index is 12.9. The molecule has 0 rings (SSSR count). The number of carbonyl (C=O) groups is 3. The van der Waals surface area contributed by atoms with Gasteiger partial charge in [0.25, 0.3) is 0 Å². The third kappa shape index (κ3) is 63.8. The molecule has 0 amide bonds. The zero-order valence-corrected chi connectivity index (χ0v) is 51.5. The van der Waals surface area contributed by atoms with Crippen molar-refractivity contribution in [2.75, 3.05) is 13.2 Å². The van der Waals surface area contributed by atoms with Crippen LogP contribution in [0.2, 0.25) is 0 Å². The van der Waals surface area contributed by atoms with E-state index in [-0.39, 0.29) is 31.1 Å². The molecule has 0 radical (unpaired) electrons. The van der Waals surface area contributed by atoms with Crippen molar-refractivity contribution in [3.05, 3.63) is 60.8 Å². The van der Waals surface area contributed by atoms with Gasteiger partial charge in [0, 0.05) is 19.3 Å². The van der Waals surface area contributed by atoms with Crippen LogP contribution in [0.25, 0.3) is 0 Å². The van der Waals surface area contributed by atoms with E-state index in [4.69, 9.17) is 14.2 Å². The average molecular weight is 1080 g/mol. The van der Waals surface area contributed by atoms with Crippen molar-refractivity contribution in [2.24, 2.45) is 0 Å². The van der Waals surface area contributed by atoms with E-state index in [0.29, 0.717) is 19.3 Å². The van der Waals surface area contributed by atoms with Gasteiger partial charge in [0.15, 0.2) is 6.10 Å². The SMILES string of the molecule is CC/C=C\C/C=C\C/C=C\C/C=C\CCCCCCCCC(=O)OC(COC(=O)CCCCCCCCCCC/C=C\CCCCCCCCCC)COC(=O)CCCCCCCCCCCCCCCCCCCCC. The zero-order chi connectivity index (χ0) is 55.7. The average Bonchev–Trinajstić information content (AvgIpc) is 3.43. The van der Waals surface area contributed by atoms with E-state index in [1.54, 1.807) is 0 Å². The third-order valence-corrected chi connectivity index (χ3v) is 15.0. The van der Waals surface area contributed by atoms with Crippen molar-refractivity contribution in [3.8, 4) is 0 Å². The molecule has 0 N–H and O–H groups in total. The molecule has 77 heavy (non-hydrogen) atoms. The van der Waals surface area contributed by atoms with E-state index in [1.807, 2.05) is 0 Å². The number of rotatable bonds is 62. The lowest BCUT2D eigenvalue weighted by Crippen LogP contribution is -2.30. The van der Waals surface area contributed by atoms with Crippen LogP contribution in [0.15, 0.2) is 60.8 Å². The summed E-state index contributed by atoms with van der Waals surface area (Å²) in [6.07, 6.45) is 83.7. The van der Waals surface area contributed by atoms with Crippen LogP contribution in [0.1, 0.15) is 355 Å². The first-order chi connectivity index (χ1) is 38.0. The molecule has 1 unspecified atom stereocenters. The Morgan fingerprint density at radius 1 is 0.273 bits per heavy atom. The fourth-order valence-corrected chi connectivity index (χ4v) is 9.96. The van der Waals surface area contributed by atoms with E-state index in [2.05, 4.69) is 81.5 Å². The van der Waals surface area contributed by atoms with Gasteiger partial charge in [0.05, 0.1) is 0 Å². The molecule has 0 aromatic heterocycles. The molecule has 0 aliphatic rings. The molecule has 6 heteroatoms. The van der Waals surface area contributed by atoms with Crippen molar-refractivity contribution in [1.29, 1.82) is 0 Å². The maximum atomic E-state index is 12.9. The number of hydrogen-bond acceptors (Lipinski definition) is 6. The van der Waals surface area contributed by atoms with E-state index in [0.717, 1.165) is 96.3 Å². The summed E-state index contributed by atoms with van der Waals surface area (Å²) in [5.74, 6) is -0.871. The molecule has 448 valence electrons. The van der Waals surface area contributed by atoms with Gasteiger partial charge in [-0.05, 0) is 83.5 Å². The van der Waals surface area contributed by atoms with E-state index in [9.17, 15) is 14.4 Å². The fraction of sp³-hybridized carbons (Fsp3) is 0.817. The first-order valence-corrected chi connectivity index (χ1v) is 33.8. The lowest BCUT2D eigenvalue weighted by molar-refractivity contribution is -0.167. The lowest BCUT2D eigenvalue weighted by Gasteiger charge is -2.18. The molecule has 0 saturated heterocycles. The fourth-order valence-electron chi connectivity index (χ4n) is 9.96. The second-order valence-electron chi connectivity index (χ2n) is 22.7. The molecule has 0 aromatic carbocycles. The topological polar surface area (TPSA) is 78.9 Å². The van der Waals surface area contributed by atoms with Gasteiger partial charge in [0.1, 0.15) is 13.2 Å². The standard InChI is InChI=1S/C71H128O6/c1-4-7-10-13-16-19-22-25-28-31-34-35-38-40-43-46-49-52-55-58-61-64-70(73)76-67-68(77-71(74)65-62-59-56-53-50-47-44-41-37-33-30-27-24-21-18-15-12-9-6-3)66-75-69(72)63-60-57-54-51-48-45-42-39-36-32-29-26-23-20-17-14-11-8-5-2/h9,12,18,21,27,30-31,34,37,41,68H,4-8,10-11,13-17,19-20,22-26,28-29,32-33,35-36,38-40,42-67H2,1-3H3/b12-9-,21-18-,30-27-,34-31-,41-37-. The van der Waals surface area contributed by atoms with Crippen molar-refractivity contribution >= 4 is 17.9 Å². The highest BCUT2D eigenvalue weighted by Crippen LogP contribution is 2.18. The van der Waals surface area contributed by atoms with Crippen LogP contribution in [-0.4, -0.2) is 37.2 Å². The quantitative estimate of drug-likeness (QED) is 0.0261. The van der Waals surface area contributed by atoms with Gasteiger partial charge in [-0.1, -0.05) is 313 Å². The van der Waals surface area contributed by atoms with E-state index >= 15 is 0 Å². The summed E-state index contributed by atoms with van der Waals surface area (Å²) >= 11 is 0. The molecule has 0 spiro atoms. The van der Waals surface area contributed by atoms with Crippen molar-refractivity contribution < 1.29 is 28.6 Å². The van der Waals surface area contributed by atoms with Gasteiger partial charge in [-0.2, -0.15) is 0 Å². The predicted molar refractivity (Wildman–Crippen MR) is 335 cm³/mol. The molecule has 0 heterocycles. The molecule has 0 saturated carbocycles. The highest BCUT2D eigenvalue weighted by Gasteiger charge is 2.19. The van der Waals surface area contributed by atoms with Crippen LogP contribution in [-0.2, 0) is 28.6 Å². The highest BCUT2D eigenvalue weighted by atomic mass is 16.6. The van der Waals surface area contributed by atoms with Gasteiger partial charge in [-0.3, -0.25) is 14.4 Å². The molecule has 1 atom stereocenters. The van der Waals surface area contributed by atoms with Crippen molar-refractivity contribution in [1.82, 2.24) is 0 Å². The van der Waals surface area contributed by atoms with Gasteiger partial charge in [-0.15, -0.1) is 0 Å². The second-order valence-corrected chi connectivity index (χ2v) is 22.7. The van der Waals surface area contributed by atoms with Crippen molar-refractivity contribution in [3.63, 3.8) is 0 Å². The summed E-state index contributed by atoms with van der Waals surface area (Å²) in [5, 5.41) is 0. The summed E-state index contributed by atoms with van der Waals surface area (Å²) in [5.41, 5.74) is 0. The van der Waals surface area contributed by atoms with Crippen LogP contribution in [0.5, 0.6) is 0 Å². The van der Waals surface area contributed by atoms with Crippen LogP contribution < -0.4 is 0 Å². The van der Waals surface area contributed by atoms with E-state index < -0.39 is 6.10 Å². The Balaban J connectivity index is 4.36. The first-order valence-electron chi connectivity index (χ1n) is 33.8. The molecule has 6 nitrogen and oxygen atoms in total. The maximum Gasteiger partial charge on any atom is 0.306 e. The normalized spacial score (nSPS) is 12.4. The van der Waals surface area contributed by atoms with Gasteiger partial charge < -0.3 is 14.2 Å². The van der Waals surface area contributed by atoms with Crippen LogP contribution in [0, 0.1) is 0 Å². The summed E-state index contributed by atoms with van der Waals surface area (Å²) in [4.78, 5) is 38.4. The highest BCUT2D eigenvalue weighted by molar-refractivity contribution is 5.71.